The molecule has 0 aliphatic heterocycles. The smallest absolute Gasteiger partial charge is 0.118 e. The van der Waals surface area contributed by atoms with Crippen LogP contribution in [-0.4, -0.2) is 15.3 Å². The summed E-state index contributed by atoms with van der Waals surface area (Å²) in [5.41, 5.74) is 6.63. The minimum Gasteiger partial charge on any atom is -0.508 e. The average Bonchev–Trinajstić information content (AvgIpc) is 3.36. The molecule has 4 atom stereocenters. The largest absolute Gasteiger partial charge is 0.508 e. The molecule has 166 valence electrons. The van der Waals surface area contributed by atoms with Crippen LogP contribution < -0.4 is 0 Å². The van der Waals surface area contributed by atoms with Crippen molar-refractivity contribution in [2.45, 2.75) is 51.9 Å². The van der Waals surface area contributed by atoms with Crippen LogP contribution in [0.2, 0.25) is 0 Å². The van der Waals surface area contributed by atoms with Crippen LogP contribution in [0.4, 0.5) is 0 Å². The van der Waals surface area contributed by atoms with E-state index in [-0.39, 0.29) is 5.92 Å². The maximum absolute atomic E-state index is 10.1. The fourth-order valence-corrected chi connectivity index (χ4v) is 6.48. The third-order valence-corrected chi connectivity index (χ3v) is 8.15. The lowest BCUT2D eigenvalue weighted by molar-refractivity contribution is 0.279. The summed E-state index contributed by atoms with van der Waals surface area (Å²) in [5, 5.41) is 30.1. The number of fused-ring (bicyclic) bond motifs is 2. The monoisotopic (exact) mass is 428 g/mol. The van der Waals surface area contributed by atoms with Crippen LogP contribution in [0.3, 0.4) is 0 Å². The van der Waals surface area contributed by atoms with Crippen molar-refractivity contribution in [1.82, 2.24) is 0 Å². The van der Waals surface area contributed by atoms with Crippen molar-refractivity contribution in [3.05, 3.63) is 88.0 Å². The standard InChI is InChI=1S/C29H32O3/c1-16-10-19(4-7-26(16)30)24-14-23-13-22(24)15-25(23)29(20-5-8-27(31)17(2)11-20)21-6-9-28(32)18(3)12-21/h4-12,22-25,29-32H,13-15H2,1-3H3/t22?,23?,24-,25?/m0/s1. The Hall–Kier alpha value is -2.94. The predicted octanol–water partition coefficient (Wildman–Crippen LogP) is 6.69. The van der Waals surface area contributed by atoms with Gasteiger partial charge in [0.15, 0.2) is 0 Å². The van der Waals surface area contributed by atoms with Crippen LogP contribution in [0, 0.1) is 38.5 Å². The minimum atomic E-state index is 0.256. The normalized spacial score (nSPS) is 24.4. The predicted molar refractivity (Wildman–Crippen MR) is 127 cm³/mol. The molecule has 32 heavy (non-hydrogen) atoms. The van der Waals surface area contributed by atoms with Crippen LogP contribution in [0.25, 0.3) is 0 Å². The van der Waals surface area contributed by atoms with E-state index in [9.17, 15) is 15.3 Å². The van der Waals surface area contributed by atoms with Gasteiger partial charge in [-0.2, -0.15) is 0 Å². The van der Waals surface area contributed by atoms with Gasteiger partial charge in [-0.05, 0) is 115 Å². The molecule has 3 N–H and O–H groups in total. The highest BCUT2D eigenvalue weighted by Gasteiger charge is 2.49. The summed E-state index contributed by atoms with van der Waals surface area (Å²) in [4.78, 5) is 0. The number of benzene rings is 3. The highest BCUT2D eigenvalue weighted by molar-refractivity contribution is 5.45. The van der Waals surface area contributed by atoms with Gasteiger partial charge in [0.1, 0.15) is 17.2 Å². The van der Waals surface area contributed by atoms with Crippen molar-refractivity contribution in [3.63, 3.8) is 0 Å². The molecule has 5 rings (SSSR count). The summed E-state index contributed by atoms with van der Waals surface area (Å²) in [6.45, 7) is 5.90. The zero-order chi connectivity index (χ0) is 22.6. The van der Waals surface area contributed by atoms with Gasteiger partial charge in [0.05, 0.1) is 0 Å². The van der Waals surface area contributed by atoms with Gasteiger partial charge < -0.3 is 15.3 Å². The van der Waals surface area contributed by atoms with Crippen molar-refractivity contribution in [2.75, 3.05) is 0 Å². The van der Waals surface area contributed by atoms with Crippen LogP contribution in [0.1, 0.15) is 64.5 Å². The van der Waals surface area contributed by atoms with Crippen LogP contribution >= 0.6 is 0 Å². The Labute approximate surface area is 190 Å². The van der Waals surface area contributed by atoms with Gasteiger partial charge in [0, 0.05) is 5.92 Å². The van der Waals surface area contributed by atoms with E-state index in [1.54, 1.807) is 0 Å². The second-order valence-corrected chi connectivity index (χ2v) is 10.1. The molecule has 3 aromatic rings. The Morgan fingerprint density at radius 2 is 1.16 bits per heavy atom. The molecule has 0 heterocycles. The molecule has 0 amide bonds. The van der Waals surface area contributed by atoms with Gasteiger partial charge in [0.2, 0.25) is 0 Å². The summed E-state index contributed by atoms with van der Waals surface area (Å²) in [7, 11) is 0. The van der Waals surface area contributed by atoms with E-state index >= 15 is 0 Å². The lowest BCUT2D eigenvalue weighted by Crippen LogP contribution is -2.23. The highest BCUT2D eigenvalue weighted by Crippen LogP contribution is 2.60. The molecule has 0 aromatic heterocycles. The molecule has 2 bridgehead atoms. The first kappa shape index (κ1) is 20.9. The number of hydrogen-bond donors (Lipinski definition) is 3. The Morgan fingerprint density at radius 1 is 0.625 bits per heavy atom. The first-order chi connectivity index (χ1) is 15.3. The van der Waals surface area contributed by atoms with Gasteiger partial charge in [0.25, 0.3) is 0 Å². The average molecular weight is 429 g/mol. The maximum atomic E-state index is 10.1. The van der Waals surface area contributed by atoms with E-state index in [0.717, 1.165) is 16.7 Å². The van der Waals surface area contributed by atoms with Crippen molar-refractivity contribution < 1.29 is 15.3 Å². The summed E-state index contributed by atoms with van der Waals surface area (Å²) in [6.07, 6.45) is 3.61. The second-order valence-electron chi connectivity index (χ2n) is 10.1. The van der Waals surface area contributed by atoms with E-state index in [1.165, 1.54) is 36.0 Å². The van der Waals surface area contributed by atoms with Gasteiger partial charge in [-0.3, -0.25) is 0 Å². The van der Waals surface area contributed by atoms with E-state index < -0.39 is 0 Å². The lowest BCUT2D eigenvalue weighted by Gasteiger charge is -2.35. The molecule has 3 nitrogen and oxygen atoms in total. The number of hydrogen-bond acceptors (Lipinski definition) is 3. The maximum Gasteiger partial charge on any atom is 0.118 e. The van der Waals surface area contributed by atoms with E-state index in [2.05, 4.69) is 36.4 Å². The van der Waals surface area contributed by atoms with E-state index in [4.69, 9.17) is 0 Å². The van der Waals surface area contributed by atoms with E-state index in [0.29, 0.717) is 40.9 Å². The molecule has 3 heteroatoms. The zero-order valence-electron chi connectivity index (χ0n) is 19.0. The van der Waals surface area contributed by atoms with Crippen LogP contribution in [0.15, 0.2) is 54.6 Å². The van der Waals surface area contributed by atoms with Gasteiger partial charge >= 0.3 is 0 Å². The lowest BCUT2D eigenvalue weighted by atomic mass is 9.69. The third kappa shape index (κ3) is 3.54. The molecule has 0 spiro atoms. The molecular weight excluding hydrogens is 396 g/mol. The fraction of sp³-hybridized carbons (Fsp3) is 0.379. The third-order valence-electron chi connectivity index (χ3n) is 8.15. The fourth-order valence-electron chi connectivity index (χ4n) is 6.48. The molecule has 2 fully saturated rings. The quantitative estimate of drug-likeness (QED) is 0.434. The second kappa shape index (κ2) is 7.88. The molecule has 0 saturated heterocycles. The number of aryl methyl sites for hydroxylation is 3. The molecule has 3 unspecified atom stereocenters. The molecule has 3 aromatic carbocycles. The summed E-state index contributed by atoms with van der Waals surface area (Å²) in [5.74, 6) is 3.73. The van der Waals surface area contributed by atoms with Crippen molar-refractivity contribution in [3.8, 4) is 17.2 Å². The number of phenols is 3. The SMILES string of the molecule is Cc1cc(C(c2ccc(O)c(C)c2)C2CC3CC2C[C@H]3c2ccc(O)c(C)c2)ccc1O. The topological polar surface area (TPSA) is 60.7 Å². The van der Waals surface area contributed by atoms with Crippen molar-refractivity contribution >= 4 is 0 Å². The first-order valence-electron chi connectivity index (χ1n) is 11.7. The van der Waals surface area contributed by atoms with Gasteiger partial charge in [-0.1, -0.05) is 36.4 Å². The Balaban J connectivity index is 1.49. The Bertz CT molecular complexity index is 1110. The highest BCUT2D eigenvalue weighted by atomic mass is 16.3. The van der Waals surface area contributed by atoms with E-state index in [1.807, 2.05) is 39.0 Å². The van der Waals surface area contributed by atoms with Gasteiger partial charge in [-0.15, -0.1) is 0 Å². The number of rotatable bonds is 4. The van der Waals surface area contributed by atoms with Gasteiger partial charge in [-0.25, -0.2) is 0 Å². The number of phenolic OH excluding ortho intramolecular Hbond substituents is 3. The van der Waals surface area contributed by atoms with Crippen LogP contribution in [0.5, 0.6) is 17.2 Å². The molecule has 2 aliphatic carbocycles. The Morgan fingerprint density at radius 3 is 1.62 bits per heavy atom. The first-order valence-corrected chi connectivity index (χ1v) is 11.7. The zero-order valence-corrected chi connectivity index (χ0v) is 19.0. The molecule has 2 aliphatic rings. The molecule has 2 saturated carbocycles. The summed E-state index contributed by atoms with van der Waals surface area (Å²) in [6, 6.07) is 18.2. The van der Waals surface area contributed by atoms with Crippen LogP contribution in [-0.2, 0) is 0 Å². The molecule has 0 radical (unpaired) electrons. The summed E-state index contributed by atoms with van der Waals surface area (Å²) < 4.78 is 0. The Kier molecular flexibility index (Phi) is 5.16. The minimum absolute atomic E-state index is 0.256. The van der Waals surface area contributed by atoms with Crippen molar-refractivity contribution in [1.29, 1.82) is 0 Å². The number of aromatic hydroxyl groups is 3. The molecular formula is C29H32O3. The van der Waals surface area contributed by atoms with Crippen molar-refractivity contribution in [2.24, 2.45) is 17.8 Å². The summed E-state index contributed by atoms with van der Waals surface area (Å²) >= 11 is 0.